The van der Waals surface area contributed by atoms with Crippen molar-refractivity contribution in [2.24, 2.45) is 0 Å². The minimum atomic E-state index is 0.410. The van der Waals surface area contributed by atoms with Gasteiger partial charge in [-0.1, -0.05) is 6.07 Å². The number of aromatic nitrogens is 2. The number of nitrogen functional groups attached to an aromatic ring is 1. The monoisotopic (exact) mass is 261 g/mol. The number of aryl methyl sites for hydroxylation is 1. The lowest BCUT2D eigenvalue weighted by Crippen LogP contribution is -2.01. The SMILES string of the molecule is Cc1ccc(SCc2ccn(C(C)C)n2)c(N)c1. The summed E-state index contributed by atoms with van der Waals surface area (Å²) in [5.74, 6) is 0.854. The maximum atomic E-state index is 5.99. The van der Waals surface area contributed by atoms with E-state index in [9.17, 15) is 0 Å². The van der Waals surface area contributed by atoms with Crippen molar-refractivity contribution in [3.8, 4) is 0 Å². The Morgan fingerprint density at radius 2 is 2.11 bits per heavy atom. The maximum absolute atomic E-state index is 5.99. The van der Waals surface area contributed by atoms with Crippen LogP contribution in [-0.4, -0.2) is 9.78 Å². The molecule has 2 rings (SSSR count). The fraction of sp³-hybridized carbons (Fsp3) is 0.357. The average Bonchev–Trinajstić information content (AvgIpc) is 2.76. The molecule has 2 N–H and O–H groups in total. The number of hydrogen-bond donors (Lipinski definition) is 1. The molecule has 4 heteroatoms. The Balaban J connectivity index is 2.02. The molecule has 1 heterocycles. The molecule has 0 saturated heterocycles. The van der Waals surface area contributed by atoms with E-state index in [-0.39, 0.29) is 0 Å². The molecule has 0 aliphatic heterocycles. The number of nitrogens with zero attached hydrogens (tertiary/aromatic N) is 2. The van der Waals surface area contributed by atoms with Gasteiger partial charge in [0.15, 0.2) is 0 Å². The van der Waals surface area contributed by atoms with E-state index < -0.39 is 0 Å². The number of thioether (sulfide) groups is 1. The molecule has 0 aliphatic rings. The van der Waals surface area contributed by atoms with Crippen molar-refractivity contribution >= 4 is 17.4 Å². The zero-order valence-corrected chi connectivity index (χ0v) is 11.9. The van der Waals surface area contributed by atoms with Gasteiger partial charge in [0.1, 0.15) is 0 Å². The minimum absolute atomic E-state index is 0.410. The average molecular weight is 261 g/mol. The Labute approximate surface area is 112 Å². The van der Waals surface area contributed by atoms with Gasteiger partial charge in [0.2, 0.25) is 0 Å². The lowest BCUT2D eigenvalue weighted by molar-refractivity contribution is 0.529. The van der Waals surface area contributed by atoms with Crippen molar-refractivity contribution in [2.75, 3.05) is 5.73 Å². The van der Waals surface area contributed by atoms with Crippen LogP contribution in [0.25, 0.3) is 0 Å². The topological polar surface area (TPSA) is 43.8 Å². The first kappa shape index (κ1) is 13.0. The summed E-state index contributed by atoms with van der Waals surface area (Å²) in [6, 6.07) is 8.65. The normalized spacial score (nSPS) is 11.1. The molecule has 1 aromatic heterocycles. The number of nitrogens with two attached hydrogens (primary N) is 1. The van der Waals surface area contributed by atoms with Gasteiger partial charge >= 0.3 is 0 Å². The molecule has 2 aromatic rings. The van der Waals surface area contributed by atoms with Crippen molar-refractivity contribution in [1.29, 1.82) is 0 Å². The zero-order chi connectivity index (χ0) is 13.1. The predicted octanol–water partition coefficient (Wildman–Crippen LogP) is 3.65. The molecule has 0 spiro atoms. The van der Waals surface area contributed by atoms with Crippen LogP contribution in [0.5, 0.6) is 0 Å². The second kappa shape index (κ2) is 5.48. The van der Waals surface area contributed by atoms with E-state index in [1.54, 1.807) is 11.8 Å². The molecular weight excluding hydrogens is 242 g/mol. The van der Waals surface area contributed by atoms with Crippen LogP contribution in [0.1, 0.15) is 31.1 Å². The Hall–Kier alpha value is -1.42. The van der Waals surface area contributed by atoms with Crippen LogP contribution in [0.2, 0.25) is 0 Å². The molecule has 0 fully saturated rings. The van der Waals surface area contributed by atoms with E-state index in [1.807, 2.05) is 16.9 Å². The van der Waals surface area contributed by atoms with Gasteiger partial charge < -0.3 is 5.73 Å². The molecule has 0 saturated carbocycles. The third kappa shape index (κ3) is 3.07. The van der Waals surface area contributed by atoms with E-state index in [0.717, 1.165) is 22.0 Å². The molecule has 3 nitrogen and oxygen atoms in total. The lowest BCUT2D eigenvalue weighted by Gasteiger charge is -2.06. The van der Waals surface area contributed by atoms with Gasteiger partial charge in [-0.15, -0.1) is 11.8 Å². The van der Waals surface area contributed by atoms with Gasteiger partial charge in [0.05, 0.1) is 5.69 Å². The van der Waals surface area contributed by atoms with Crippen molar-refractivity contribution in [1.82, 2.24) is 9.78 Å². The predicted molar refractivity (Wildman–Crippen MR) is 77.8 cm³/mol. The van der Waals surface area contributed by atoms with Crippen molar-refractivity contribution < 1.29 is 0 Å². The summed E-state index contributed by atoms with van der Waals surface area (Å²) < 4.78 is 1.98. The van der Waals surface area contributed by atoms with E-state index in [4.69, 9.17) is 5.73 Å². The van der Waals surface area contributed by atoms with Gasteiger partial charge in [0.25, 0.3) is 0 Å². The maximum Gasteiger partial charge on any atom is 0.0727 e. The van der Waals surface area contributed by atoms with Crippen LogP contribution in [0, 0.1) is 6.92 Å². The number of hydrogen-bond acceptors (Lipinski definition) is 3. The molecule has 1 aromatic carbocycles. The molecule has 96 valence electrons. The second-order valence-corrected chi connectivity index (χ2v) is 5.73. The van der Waals surface area contributed by atoms with Gasteiger partial charge in [-0.05, 0) is 44.5 Å². The van der Waals surface area contributed by atoms with Crippen LogP contribution < -0.4 is 5.73 Å². The van der Waals surface area contributed by atoms with Crippen molar-refractivity contribution in [3.63, 3.8) is 0 Å². The van der Waals surface area contributed by atoms with Gasteiger partial charge in [0, 0.05) is 28.6 Å². The highest BCUT2D eigenvalue weighted by atomic mass is 32.2. The number of benzene rings is 1. The van der Waals surface area contributed by atoms with Gasteiger partial charge in [-0.2, -0.15) is 5.10 Å². The second-order valence-electron chi connectivity index (χ2n) is 4.71. The van der Waals surface area contributed by atoms with E-state index in [2.05, 4.69) is 44.1 Å². The summed E-state index contributed by atoms with van der Waals surface area (Å²) in [4.78, 5) is 1.12. The summed E-state index contributed by atoms with van der Waals surface area (Å²) >= 11 is 1.73. The van der Waals surface area contributed by atoms with Gasteiger partial charge in [-0.25, -0.2) is 0 Å². The van der Waals surface area contributed by atoms with Crippen LogP contribution in [0.4, 0.5) is 5.69 Å². The summed E-state index contributed by atoms with van der Waals surface area (Å²) in [5.41, 5.74) is 9.13. The third-order valence-electron chi connectivity index (χ3n) is 2.73. The summed E-state index contributed by atoms with van der Waals surface area (Å²) in [5, 5.41) is 4.53. The van der Waals surface area contributed by atoms with Crippen molar-refractivity contribution in [3.05, 3.63) is 41.7 Å². The summed E-state index contributed by atoms with van der Waals surface area (Å²) in [6.45, 7) is 6.30. The van der Waals surface area contributed by atoms with E-state index >= 15 is 0 Å². The molecule has 0 amide bonds. The first-order chi connectivity index (χ1) is 8.56. The van der Waals surface area contributed by atoms with Crippen LogP contribution in [0.3, 0.4) is 0 Å². The fourth-order valence-corrected chi connectivity index (χ4v) is 2.54. The van der Waals surface area contributed by atoms with E-state index in [1.165, 1.54) is 5.56 Å². The van der Waals surface area contributed by atoms with Crippen LogP contribution in [0.15, 0.2) is 35.4 Å². The Kier molecular flexibility index (Phi) is 3.97. The highest BCUT2D eigenvalue weighted by Crippen LogP contribution is 2.28. The Morgan fingerprint density at radius 3 is 2.72 bits per heavy atom. The standard InChI is InChI=1S/C14H19N3S/c1-10(2)17-7-6-12(16-17)9-18-14-5-4-11(3)8-13(14)15/h4-8,10H,9,15H2,1-3H3. The minimum Gasteiger partial charge on any atom is -0.398 e. The molecule has 0 unspecified atom stereocenters. The molecule has 0 bridgehead atoms. The first-order valence-electron chi connectivity index (χ1n) is 6.09. The highest BCUT2D eigenvalue weighted by molar-refractivity contribution is 7.98. The summed E-state index contributed by atoms with van der Waals surface area (Å²) in [7, 11) is 0. The number of anilines is 1. The number of rotatable bonds is 4. The molecule has 0 atom stereocenters. The molecule has 18 heavy (non-hydrogen) atoms. The largest absolute Gasteiger partial charge is 0.398 e. The molecule has 0 radical (unpaired) electrons. The first-order valence-corrected chi connectivity index (χ1v) is 7.08. The van der Waals surface area contributed by atoms with Crippen LogP contribution in [-0.2, 0) is 5.75 Å². The molecule has 0 aliphatic carbocycles. The lowest BCUT2D eigenvalue weighted by atomic mass is 10.2. The summed E-state index contributed by atoms with van der Waals surface area (Å²) in [6.07, 6.45) is 2.03. The smallest absolute Gasteiger partial charge is 0.0727 e. The fourth-order valence-electron chi connectivity index (χ4n) is 1.69. The van der Waals surface area contributed by atoms with E-state index in [0.29, 0.717) is 6.04 Å². The zero-order valence-electron chi connectivity index (χ0n) is 11.1. The van der Waals surface area contributed by atoms with Crippen molar-refractivity contribution in [2.45, 2.75) is 37.5 Å². The van der Waals surface area contributed by atoms with Gasteiger partial charge in [-0.3, -0.25) is 4.68 Å². The Morgan fingerprint density at radius 1 is 1.33 bits per heavy atom. The third-order valence-corrected chi connectivity index (χ3v) is 3.86. The van der Waals surface area contributed by atoms with Crippen LogP contribution >= 0.6 is 11.8 Å². The highest BCUT2D eigenvalue weighted by Gasteiger charge is 2.05. The quantitative estimate of drug-likeness (QED) is 0.675. The Bertz CT molecular complexity index is 532. The molecular formula is C14H19N3S.